The zero-order chi connectivity index (χ0) is 13.1. The van der Waals surface area contributed by atoms with E-state index in [1.54, 1.807) is 0 Å². The molecule has 0 N–H and O–H groups in total. The average molecular weight is 238 g/mol. The molecule has 0 aromatic heterocycles. The van der Waals surface area contributed by atoms with Crippen molar-refractivity contribution in [1.29, 1.82) is 0 Å². The lowest BCUT2D eigenvalue weighted by Crippen LogP contribution is -2.67. The van der Waals surface area contributed by atoms with Gasteiger partial charge < -0.3 is 4.48 Å². The molecule has 2 rings (SSSR count). The summed E-state index contributed by atoms with van der Waals surface area (Å²) in [6.45, 7) is 14.6. The van der Waals surface area contributed by atoms with Crippen LogP contribution in [0.2, 0.25) is 0 Å². The van der Waals surface area contributed by atoms with E-state index < -0.39 is 0 Å². The molecule has 17 heavy (non-hydrogen) atoms. The highest BCUT2D eigenvalue weighted by molar-refractivity contribution is 4.92. The number of rotatable bonds is 0. The second-order valence-electron chi connectivity index (χ2n) is 8.74. The summed E-state index contributed by atoms with van der Waals surface area (Å²) in [7, 11) is 2.53. The van der Waals surface area contributed by atoms with Gasteiger partial charge in [-0.1, -0.05) is 20.8 Å². The first kappa shape index (κ1) is 13.4. The van der Waals surface area contributed by atoms with E-state index in [4.69, 9.17) is 0 Å². The predicted octanol–water partition coefficient (Wildman–Crippen LogP) is 4.22. The van der Waals surface area contributed by atoms with Gasteiger partial charge in [0.25, 0.3) is 0 Å². The van der Waals surface area contributed by atoms with Gasteiger partial charge in [0.05, 0.1) is 24.7 Å². The SMILES string of the molecule is CC(C)(C)C1CC2CCC(C1)[N+]2(C)C(C)(C)C. The third-order valence-electron chi connectivity index (χ3n) is 6.13. The molecule has 2 heterocycles. The maximum atomic E-state index is 2.53. The molecule has 2 fully saturated rings. The predicted molar refractivity (Wildman–Crippen MR) is 74.9 cm³/mol. The van der Waals surface area contributed by atoms with Crippen LogP contribution in [-0.2, 0) is 0 Å². The number of fused-ring (bicyclic) bond motifs is 2. The van der Waals surface area contributed by atoms with Crippen LogP contribution in [0.25, 0.3) is 0 Å². The fourth-order valence-corrected chi connectivity index (χ4v) is 4.45. The Balaban J connectivity index is 2.25. The van der Waals surface area contributed by atoms with Crippen molar-refractivity contribution >= 4 is 0 Å². The van der Waals surface area contributed by atoms with Gasteiger partial charge in [-0.05, 0) is 32.1 Å². The summed E-state index contributed by atoms with van der Waals surface area (Å²) < 4.78 is 1.33. The van der Waals surface area contributed by atoms with Crippen LogP contribution in [0, 0.1) is 11.3 Å². The standard InChI is InChI=1S/C16H32N/c1-15(2,3)12-10-13-8-9-14(11-12)17(13,7)16(4,5)6/h12-14H,8-11H2,1-7H3/q+1. The third-order valence-corrected chi connectivity index (χ3v) is 6.13. The maximum absolute atomic E-state index is 2.53. The molecule has 100 valence electrons. The zero-order valence-electron chi connectivity index (χ0n) is 13.0. The third kappa shape index (κ3) is 1.95. The molecule has 0 radical (unpaired) electrons. The van der Waals surface area contributed by atoms with Gasteiger partial charge >= 0.3 is 0 Å². The highest BCUT2D eigenvalue weighted by Gasteiger charge is 2.57. The fraction of sp³-hybridized carbons (Fsp3) is 1.00. The first-order chi connectivity index (χ1) is 7.57. The molecule has 2 atom stereocenters. The molecule has 1 heteroatoms. The van der Waals surface area contributed by atoms with Gasteiger partial charge in [-0.25, -0.2) is 0 Å². The summed E-state index contributed by atoms with van der Waals surface area (Å²) >= 11 is 0. The Hall–Kier alpha value is -0.0400. The van der Waals surface area contributed by atoms with Gasteiger partial charge in [-0.2, -0.15) is 0 Å². The topological polar surface area (TPSA) is 0 Å². The molecule has 2 unspecified atom stereocenters. The van der Waals surface area contributed by atoms with E-state index in [9.17, 15) is 0 Å². The lowest BCUT2D eigenvalue weighted by Gasteiger charge is -2.56. The van der Waals surface area contributed by atoms with Crippen LogP contribution in [0.3, 0.4) is 0 Å². The van der Waals surface area contributed by atoms with E-state index in [0.717, 1.165) is 18.0 Å². The monoisotopic (exact) mass is 238 g/mol. The van der Waals surface area contributed by atoms with Gasteiger partial charge in [0.2, 0.25) is 0 Å². The zero-order valence-corrected chi connectivity index (χ0v) is 13.0. The Bertz CT molecular complexity index is 278. The fourth-order valence-electron chi connectivity index (χ4n) is 4.45. The molecule has 0 aromatic carbocycles. The number of nitrogens with zero attached hydrogens (tertiary/aromatic N) is 1. The van der Waals surface area contributed by atoms with Crippen LogP contribution in [0.15, 0.2) is 0 Å². The minimum Gasteiger partial charge on any atom is -0.317 e. The van der Waals surface area contributed by atoms with Gasteiger partial charge in [0, 0.05) is 25.7 Å². The smallest absolute Gasteiger partial charge is 0.0909 e. The molecule has 2 bridgehead atoms. The number of quaternary nitrogens is 1. The normalized spacial score (nSPS) is 42.9. The molecule has 0 aliphatic carbocycles. The highest BCUT2D eigenvalue weighted by atomic mass is 15.4. The molecule has 0 amide bonds. The van der Waals surface area contributed by atoms with E-state index in [2.05, 4.69) is 48.6 Å². The molecule has 0 saturated carbocycles. The van der Waals surface area contributed by atoms with Gasteiger partial charge in [0.15, 0.2) is 0 Å². The summed E-state index contributed by atoms with van der Waals surface area (Å²) in [4.78, 5) is 0. The molecule has 0 spiro atoms. The van der Waals surface area contributed by atoms with Gasteiger partial charge in [0.1, 0.15) is 0 Å². The second kappa shape index (κ2) is 3.73. The van der Waals surface area contributed by atoms with Crippen molar-refractivity contribution in [3.63, 3.8) is 0 Å². The Kier molecular flexibility index (Phi) is 2.94. The van der Waals surface area contributed by atoms with Crippen LogP contribution in [0.1, 0.15) is 67.2 Å². The first-order valence-electron chi connectivity index (χ1n) is 7.43. The number of hydrogen-bond acceptors (Lipinski definition) is 0. The van der Waals surface area contributed by atoms with Gasteiger partial charge in [-0.15, -0.1) is 0 Å². The summed E-state index contributed by atoms with van der Waals surface area (Å²) in [6, 6.07) is 1.83. The summed E-state index contributed by atoms with van der Waals surface area (Å²) in [5, 5.41) is 0. The Morgan fingerprint density at radius 2 is 1.24 bits per heavy atom. The lowest BCUT2D eigenvalue weighted by molar-refractivity contribution is -0.990. The van der Waals surface area contributed by atoms with E-state index in [-0.39, 0.29) is 0 Å². The Labute approximate surface area is 108 Å². The van der Waals surface area contributed by atoms with Crippen molar-refractivity contribution in [2.75, 3.05) is 7.05 Å². The molecular weight excluding hydrogens is 206 g/mol. The van der Waals surface area contributed by atoms with Crippen molar-refractivity contribution < 1.29 is 4.48 Å². The Morgan fingerprint density at radius 3 is 1.53 bits per heavy atom. The largest absolute Gasteiger partial charge is 0.317 e. The van der Waals surface area contributed by atoms with E-state index in [1.165, 1.54) is 30.2 Å². The lowest BCUT2D eigenvalue weighted by atomic mass is 9.71. The minimum absolute atomic E-state index is 0.411. The molecular formula is C16H32N+. The summed E-state index contributed by atoms with van der Waals surface area (Å²) in [6.07, 6.45) is 5.83. The number of hydrogen-bond donors (Lipinski definition) is 0. The van der Waals surface area contributed by atoms with Crippen LogP contribution >= 0.6 is 0 Å². The second-order valence-corrected chi connectivity index (χ2v) is 8.74. The van der Waals surface area contributed by atoms with Crippen molar-refractivity contribution in [2.24, 2.45) is 11.3 Å². The first-order valence-corrected chi connectivity index (χ1v) is 7.43. The minimum atomic E-state index is 0.411. The van der Waals surface area contributed by atoms with Crippen LogP contribution in [0.5, 0.6) is 0 Å². The van der Waals surface area contributed by atoms with E-state index in [0.29, 0.717) is 11.0 Å². The van der Waals surface area contributed by atoms with Crippen LogP contribution in [0.4, 0.5) is 0 Å². The van der Waals surface area contributed by atoms with Crippen LogP contribution < -0.4 is 0 Å². The number of piperidine rings is 1. The molecule has 1 nitrogen and oxygen atoms in total. The summed E-state index contributed by atoms with van der Waals surface area (Å²) in [5.74, 6) is 0.938. The van der Waals surface area contributed by atoms with Crippen molar-refractivity contribution in [2.45, 2.75) is 84.8 Å². The van der Waals surface area contributed by atoms with Gasteiger partial charge in [-0.3, -0.25) is 0 Å². The van der Waals surface area contributed by atoms with E-state index >= 15 is 0 Å². The maximum Gasteiger partial charge on any atom is 0.0909 e. The molecule has 2 aliphatic rings. The molecule has 0 aromatic rings. The Morgan fingerprint density at radius 1 is 0.824 bits per heavy atom. The van der Waals surface area contributed by atoms with Crippen LogP contribution in [-0.4, -0.2) is 29.2 Å². The van der Waals surface area contributed by atoms with Crippen molar-refractivity contribution in [3.8, 4) is 0 Å². The summed E-state index contributed by atoms with van der Waals surface area (Å²) in [5.41, 5.74) is 0.915. The highest BCUT2D eigenvalue weighted by Crippen LogP contribution is 2.51. The van der Waals surface area contributed by atoms with E-state index in [1.807, 2.05) is 0 Å². The molecule has 2 saturated heterocycles. The molecule has 2 aliphatic heterocycles. The average Bonchev–Trinajstić information content (AvgIpc) is 2.34. The van der Waals surface area contributed by atoms with Crippen molar-refractivity contribution in [3.05, 3.63) is 0 Å². The quantitative estimate of drug-likeness (QED) is 0.554. The van der Waals surface area contributed by atoms with Crippen molar-refractivity contribution in [1.82, 2.24) is 0 Å².